The first kappa shape index (κ1) is 29.0. The van der Waals surface area contributed by atoms with E-state index in [2.05, 4.69) is 17.4 Å². The molecule has 3 atom stereocenters. The Kier molecular flexibility index (Phi) is 11.9. The molecule has 0 aromatic heterocycles. The van der Waals surface area contributed by atoms with Crippen LogP contribution in [0.15, 0.2) is 30.3 Å². The Balaban J connectivity index is 2.01. The summed E-state index contributed by atoms with van der Waals surface area (Å²) >= 11 is 0. The molecule has 2 rings (SSSR count). The Morgan fingerprint density at radius 2 is 1.80 bits per heavy atom. The number of rotatable bonds is 14. The van der Waals surface area contributed by atoms with Crippen LogP contribution in [0.3, 0.4) is 0 Å². The lowest BCUT2D eigenvalue weighted by molar-refractivity contribution is -0.166. The number of hydroxylamine groups is 2. The summed E-state index contributed by atoms with van der Waals surface area (Å²) in [6.07, 6.45) is 9.93. The molecule has 0 aliphatic heterocycles. The van der Waals surface area contributed by atoms with Gasteiger partial charge in [0, 0.05) is 24.8 Å². The highest BCUT2D eigenvalue weighted by molar-refractivity contribution is 5.89. The van der Waals surface area contributed by atoms with Crippen molar-refractivity contribution in [3.8, 4) is 0 Å². The van der Waals surface area contributed by atoms with Gasteiger partial charge in [0.05, 0.1) is 6.04 Å². The maximum absolute atomic E-state index is 13.5. The van der Waals surface area contributed by atoms with Crippen LogP contribution in [-0.4, -0.2) is 41.0 Å². The molecule has 0 bridgehead atoms. The van der Waals surface area contributed by atoms with Gasteiger partial charge in [-0.1, -0.05) is 83.2 Å². The van der Waals surface area contributed by atoms with E-state index in [9.17, 15) is 19.6 Å². The number of nitrogens with one attached hydrogen (secondary N) is 1. The largest absolute Gasteiger partial charge is 0.356 e. The van der Waals surface area contributed by atoms with Crippen LogP contribution in [0.2, 0.25) is 0 Å². The SMILES string of the molecule is C[C@@H]([C@@H](CCCc1ccccc1)C(=O)C[C@H](C(=O)NCCC1CCCCC1)C(C)(C)C)N(O)C=O. The molecule has 2 amide bonds. The molecule has 35 heavy (non-hydrogen) atoms. The second-order valence-electron chi connectivity index (χ2n) is 11.4. The molecule has 6 heteroatoms. The molecule has 2 N–H and O–H groups in total. The molecule has 196 valence electrons. The lowest BCUT2D eigenvalue weighted by Crippen LogP contribution is -2.44. The minimum absolute atomic E-state index is 0.0752. The molecule has 0 radical (unpaired) electrons. The van der Waals surface area contributed by atoms with Gasteiger partial charge in [-0.25, -0.2) is 5.06 Å². The lowest BCUT2D eigenvalue weighted by Gasteiger charge is -2.32. The fourth-order valence-electron chi connectivity index (χ4n) is 5.27. The number of carbonyl (C=O) groups excluding carboxylic acids is 3. The summed E-state index contributed by atoms with van der Waals surface area (Å²) in [5.41, 5.74) is 0.805. The van der Waals surface area contributed by atoms with Crippen molar-refractivity contribution in [2.45, 2.75) is 97.9 Å². The van der Waals surface area contributed by atoms with E-state index in [0.29, 0.717) is 30.4 Å². The summed E-state index contributed by atoms with van der Waals surface area (Å²) in [7, 11) is 0. The number of carbonyl (C=O) groups is 3. The van der Waals surface area contributed by atoms with E-state index in [4.69, 9.17) is 0 Å². The number of Topliss-reactive ketones (excluding diaryl/α,β-unsaturated/α-hetero) is 1. The maximum atomic E-state index is 13.5. The molecule has 0 heterocycles. The van der Waals surface area contributed by atoms with Crippen molar-refractivity contribution < 1.29 is 19.6 Å². The van der Waals surface area contributed by atoms with Gasteiger partial charge in [0.15, 0.2) is 0 Å². The minimum atomic E-state index is -0.647. The van der Waals surface area contributed by atoms with Crippen LogP contribution in [-0.2, 0) is 20.8 Å². The monoisotopic (exact) mass is 486 g/mol. The highest BCUT2D eigenvalue weighted by Crippen LogP contribution is 2.32. The summed E-state index contributed by atoms with van der Waals surface area (Å²) < 4.78 is 0. The van der Waals surface area contributed by atoms with Gasteiger partial charge in [0.1, 0.15) is 5.78 Å². The summed E-state index contributed by atoms with van der Waals surface area (Å²) in [6, 6.07) is 9.41. The quantitative estimate of drug-likeness (QED) is 0.204. The minimum Gasteiger partial charge on any atom is -0.356 e. The number of amides is 2. The van der Waals surface area contributed by atoms with Gasteiger partial charge in [-0.3, -0.25) is 19.6 Å². The standard InChI is InChI=1S/C29H46N2O4/c1-22(31(35)21-32)25(17-11-16-23-12-7-5-8-13-23)27(33)20-26(29(2,3)4)28(34)30-19-18-24-14-9-6-10-15-24/h5,7-8,12-13,21-22,24-26,35H,6,9-11,14-20H2,1-4H3,(H,30,34)/t22-,25+,26+/m0/s1. The van der Waals surface area contributed by atoms with Gasteiger partial charge in [0.25, 0.3) is 0 Å². The second kappa shape index (κ2) is 14.4. The number of nitrogens with zero attached hydrogens (tertiary/aromatic N) is 1. The van der Waals surface area contributed by atoms with Gasteiger partial charge in [-0.05, 0) is 49.5 Å². The van der Waals surface area contributed by atoms with E-state index >= 15 is 0 Å². The fourth-order valence-corrected chi connectivity index (χ4v) is 5.27. The van der Waals surface area contributed by atoms with Gasteiger partial charge in [-0.15, -0.1) is 0 Å². The molecule has 1 aliphatic carbocycles. The van der Waals surface area contributed by atoms with Crippen LogP contribution >= 0.6 is 0 Å². The van der Waals surface area contributed by atoms with Gasteiger partial charge < -0.3 is 5.32 Å². The van der Waals surface area contributed by atoms with Crippen molar-refractivity contribution >= 4 is 18.1 Å². The van der Waals surface area contributed by atoms with E-state index in [-0.39, 0.29) is 23.5 Å². The van der Waals surface area contributed by atoms with E-state index in [1.165, 1.54) is 37.7 Å². The summed E-state index contributed by atoms with van der Waals surface area (Å²) in [5, 5.41) is 13.7. The Bertz CT molecular complexity index is 784. The molecule has 6 nitrogen and oxygen atoms in total. The third-order valence-corrected chi connectivity index (χ3v) is 7.69. The van der Waals surface area contributed by atoms with Gasteiger partial charge >= 0.3 is 0 Å². The molecule has 1 aromatic rings. The van der Waals surface area contributed by atoms with Crippen LogP contribution in [0.5, 0.6) is 0 Å². The van der Waals surface area contributed by atoms with E-state index in [1.807, 2.05) is 39.0 Å². The Morgan fingerprint density at radius 3 is 2.40 bits per heavy atom. The van der Waals surface area contributed by atoms with Crippen LogP contribution in [0, 0.1) is 23.2 Å². The predicted octanol–water partition coefficient (Wildman–Crippen LogP) is 5.57. The zero-order valence-corrected chi connectivity index (χ0v) is 22.2. The number of hydrogen-bond donors (Lipinski definition) is 2. The molecular weight excluding hydrogens is 440 g/mol. The topological polar surface area (TPSA) is 86.7 Å². The second-order valence-corrected chi connectivity index (χ2v) is 11.4. The normalized spacial score (nSPS) is 17.3. The van der Waals surface area contributed by atoms with Crippen molar-refractivity contribution in [2.75, 3.05) is 6.54 Å². The Labute approximate surface area is 211 Å². The van der Waals surface area contributed by atoms with Crippen molar-refractivity contribution in [2.24, 2.45) is 23.2 Å². The zero-order chi connectivity index (χ0) is 25.8. The first-order valence-electron chi connectivity index (χ1n) is 13.4. The number of hydrogen-bond acceptors (Lipinski definition) is 4. The van der Waals surface area contributed by atoms with Crippen LogP contribution < -0.4 is 5.32 Å². The van der Waals surface area contributed by atoms with Gasteiger partial charge in [-0.2, -0.15) is 0 Å². The molecule has 0 spiro atoms. The fraction of sp³-hybridized carbons (Fsp3) is 0.690. The number of ketones is 1. The maximum Gasteiger partial charge on any atom is 0.233 e. The molecular formula is C29H46N2O4. The molecule has 0 saturated heterocycles. The van der Waals surface area contributed by atoms with Crippen molar-refractivity contribution in [3.63, 3.8) is 0 Å². The Morgan fingerprint density at radius 1 is 1.14 bits per heavy atom. The Hall–Kier alpha value is -2.21. The van der Waals surface area contributed by atoms with Crippen LogP contribution in [0.25, 0.3) is 0 Å². The molecule has 1 aromatic carbocycles. The average molecular weight is 487 g/mol. The molecule has 1 fully saturated rings. The molecule has 1 saturated carbocycles. The van der Waals surface area contributed by atoms with Crippen LogP contribution in [0.4, 0.5) is 0 Å². The number of aryl methyl sites for hydroxylation is 1. The smallest absolute Gasteiger partial charge is 0.233 e. The van der Waals surface area contributed by atoms with E-state index in [1.54, 1.807) is 6.92 Å². The van der Waals surface area contributed by atoms with E-state index < -0.39 is 17.9 Å². The molecule has 1 aliphatic rings. The van der Waals surface area contributed by atoms with Crippen LogP contribution in [0.1, 0.15) is 91.0 Å². The zero-order valence-electron chi connectivity index (χ0n) is 22.2. The highest BCUT2D eigenvalue weighted by atomic mass is 16.5. The van der Waals surface area contributed by atoms with E-state index in [0.717, 1.165) is 19.3 Å². The summed E-state index contributed by atoms with van der Waals surface area (Å²) in [6.45, 7) is 8.31. The van der Waals surface area contributed by atoms with Crippen molar-refractivity contribution in [3.05, 3.63) is 35.9 Å². The lowest BCUT2D eigenvalue weighted by atomic mass is 9.74. The highest BCUT2D eigenvalue weighted by Gasteiger charge is 2.37. The predicted molar refractivity (Wildman–Crippen MR) is 139 cm³/mol. The van der Waals surface area contributed by atoms with Crippen molar-refractivity contribution in [1.29, 1.82) is 0 Å². The van der Waals surface area contributed by atoms with Crippen molar-refractivity contribution in [1.82, 2.24) is 10.4 Å². The summed E-state index contributed by atoms with van der Waals surface area (Å²) in [5.74, 6) is -0.461. The summed E-state index contributed by atoms with van der Waals surface area (Å²) in [4.78, 5) is 37.9. The third kappa shape index (κ3) is 9.75. The third-order valence-electron chi connectivity index (χ3n) is 7.69. The number of benzene rings is 1. The first-order valence-corrected chi connectivity index (χ1v) is 13.4. The average Bonchev–Trinajstić information content (AvgIpc) is 2.84. The first-order chi connectivity index (χ1) is 16.6. The molecule has 0 unspecified atom stereocenters. The van der Waals surface area contributed by atoms with Gasteiger partial charge in [0.2, 0.25) is 12.3 Å².